The maximum absolute atomic E-state index is 11.9. The summed E-state index contributed by atoms with van der Waals surface area (Å²) in [7, 11) is 1.86. The van der Waals surface area contributed by atoms with Crippen LogP contribution in [0.25, 0.3) is 0 Å². The molecule has 1 saturated heterocycles. The Balaban J connectivity index is 2.75. The van der Waals surface area contributed by atoms with Crippen LogP contribution in [0.2, 0.25) is 0 Å². The molecule has 0 aromatic carbocycles. The van der Waals surface area contributed by atoms with Gasteiger partial charge in [-0.05, 0) is 12.8 Å². The third kappa shape index (κ3) is 2.49. The molecule has 4 nitrogen and oxygen atoms in total. The van der Waals surface area contributed by atoms with Crippen molar-refractivity contribution in [3.05, 3.63) is 0 Å². The van der Waals surface area contributed by atoms with Crippen LogP contribution in [-0.2, 0) is 9.53 Å². The molecule has 1 heterocycles. The monoisotopic (exact) mass is 214 g/mol. The summed E-state index contributed by atoms with van der Waals surface area (Å²) in [5.74, 6) is 0.198. The molecule has 0 saturated carbocycles. The first-order valence-electron chi connectivity index (χ1n) is 5.59. The fourth-order valence-electron chi connectivity index (χ4n) is 2.05. The zero-order valence-electron chi connectivity index (χ0n) is 9.95. The van der Waals surface area contributed by atoms with Crippen LogP contribution >= 0.6 is 0 Å². The SMILES string of the molecule is CC(C)C(=O)N(C)C1(CN)CCOCC1. The van der Waals surface area contributed by atoms with Gasteiger partial charge in [-0.1, -0.05) is 13.8 Å². The van der Waals surface area contributed by atoms with Crippen molar-refractivity contribution < 1.29 is 9.53 Å². The van der Waals surface area contributed by atoms with Gasteiger partial charge in [0.15, 0.2) is 0 Å². The Kier molecular flexibility index (Phi) is 4.11. The Morgan fingerprint density at radius 3 is 2.40 bits per heavy atom. The quantitative estimate of drug-likeness (QED) is 0.749. The normalized spacial score (nSPS) is 20.3. The number of rotatable bonds is 3. The summed E-state index contributed by atoms with van der Waals surface area (Å²) in [6.45, 7) is 5.76. The highest BCUT2D eigenvalue weighted by molar-refractivity contribution is 5.78. The first-order chi connectivity index (χ1) is 7.03. The second kappa shape index (κ2) is 4.94. The molecule has 1 aliphatic rings. The lowest BCUT2D eigenvalue weighted by atomic mass is 9.87. The van der Waals surface area contributed by atoms with Gasteiger partial charge < -0.3 is 15.4 Å². The lowest BCUT2D eigenvalue weighted by Crippen LogP contribution is -2.58. The molecule has 0 unspecified atom stereocenters. The largest absolute Gasteiger partial charge is 0.381 e. The number of carbonyl (C=O) groups excluding carboxylic acids is 1. The van der Waals surface area contributed by atoms with E-state index in [1.807, 2.05) is 25.8 Å². The molecule has 0 aliphatic carbocycles. The molecule has 1 rings (SSSR count). The Labute approximate surface area is 91.8 Å². The highest BCUT2D eigenvalue weighted by Gasteiger charge is 2.38. The van der Waals surface area contributed by atoms with Gasteiger partial charge in [-0.15, -0.1) is 0 Å². The second-order valence-electron chi connectivity index (χ2n) is 4.59. The Morgan fingerprint density at radius 2 is 2.00 bits per heavy atom. The molecule has 0 spiro atoms. The summed E-state index contributed by atoms with van der Waals surface area (Å²) in [6, 6.07) is 0. The molecule has 0 radical (unpaired) electrons. The third-order valence-corrected chi connectivity index (χ3v) is 3.34. The van der Waals surface area contributed by atoms with Crippen LogP contribution in [-0.4, -0.2) is 43.2 Å². The van der Waals surface area contributed by atoms with E-state index in [1.165, 1.54) is 0 Å². The van der Waals surface area contributed by atoms with E-state index in [9.17, 15) is 4.79 Å². The molecular formula is C11H22N2O2. The summed E-state index contributed by atoms with van der Waals surface area (Å²) >= 11 is 0. The van der Waals surface area contributed by atoms with E-state index < -0.39 is 0 Å². The fraction of sp³-hybridized carbons (Fsp3) is 0.909. The minimum absolute atomic E-state index is 0.0290. The average Bonchev–Trinajstić information content (AvgIpc) is 2.27. The predicted octanol–water partition coefficient (Wildman–Crippen LogP) is 0.609. The zero-order chi connectivity index (χ0) is 11.5. The number of carbonyl (C=O) groups is 1. The summed E-state index contributed by atoms with van der Waals surface area (Å²) in [4.78, 5) is 13.8. The van der Waals surface area contributed by atoms with Gasteiger partial charge >= 0.3 is 0 Å². The zero-order valence-corrected chi connectivity index (χ0v) is 9.95. The number of hydrogen-bond acceptors (Lipinski definition) is 3. The number of hydrogen-bond donors (Lipinski definition) is 1. The molecule has 0 aromatic heterocycles. The highest BCUT2D eigenvalue weighted by Crippen LogP contribution is 2.26. The fourth-order valence-corrected chi connectivity index (χ4v) is 2.05. The van der Waals surface area contributed by atoms with Crippen molar-refractivity contribution in [3.8, 4) is 0 Å². The van der Waals surface area contributed by atoms with Crippen LogP contribution in [0.15, 0.2) is 0 Å². The van der Waals surface area contributed by atoms with Gasteiger partial charge in [-0.3, -0.25) is 4.79 Å². The Hall–Kier alpha value is -0.610. The van der Waals surface area contributed by atoms with Gasteiger partial charge in [0.1, 0.15) is 0 Å². The van der Waals surface area contributed by atoms with Crippen LogP contribution in [0.4, 0.5) is 0 Å². The topological polar surface area (TPSA) is 55.6 Å². The molecule has 1 amide bonds. The lowest BCUT2D eigenvalue weighted by Gasteiger charge is -2.44. The summed E-state index contributed by atoms with van der Waals surface area (Å²) < 4.78 is 5.32. The molecule has 2 N–H and O–H groups in total. The van der Waals surface area contributed by atoms with Crippen molar-refractivity contribution in [2.75, 3.05) is 26.8 Å². The van der Waals surface area contributed by atoms with Crippen molar-refractivity contribution in [1.29, 1.82) is 0 Å². The minimum atomic E-state index is -0.181. The van der Waals surface area contributed by atoms with Crippen LogP contribution in [0, 0.1) is 5.92 Å². The van der Waals surface area contributed by atoms with Gasteiger partial charge in [-0.25, -0.2) is 0 Å². The number of nitrogens with zero attached hydrogens (tertiary/aromatic N) is 1. The molecule has 0 aromatic rings. The maximum Gasteiger partial charge on any atom is 0.225 e. The molecule has 1 fully saturated rings. The van der Waals surface area contributed by atoms with Gasteiger partial charge in [-0.2, -0.15) is 0 Å². The molecule has 15 heavy (non-hydrogen) atoms. The van der Waals surface area contributed by atoms with Gasteiger partial charge in [0.25, 0.3) is 0 Å². The van der Waals surface area contributed by atoms with E-state index in [2.05, 4.69) is 0 Å². The van der Waals surface area contributed by atoms with E-state index in [4.69, 9.17) is 10.5 Å². The first kappa shape index (κ1) is 12.5. The molecule has 88 valence electrons. The number of nitrogens with two attached hydrogens (primary N) is 1. The van der Waals surface area contributed by atoms with E-state index in [0.29, 0.717) is 19.8 Å². The van der Waals surface area contributed by atoms with Crippen LogP contribution < -0.4 is 5.73 Å². The highest BCUT2D eigenvalue weighted by atomic mass is 16.5. The van der Waals surface area contributed by atoms with Crippen molar-refractivity contribution in [2.45, 2.75) is 32.2 Å². The summed E-state index contributed by atoms with van der Waals surface area (Å²) in [5, 5.41) is 0. The standard InChI is InChI=1S/C11H22N2O2/c1-9(2)10(14)13(3)11(8-12)4-6-15-7-5-11/h9H,4-8,12H2,1-3H3. The van der Waals surface area contributed by atoms with Crippen LogP contribution in [0.1, 0.15) is 26.7 Å². The van der Waals surface area contributed by atoms with Crippen molar-refractivity contribution in [1.82, 2.24) is 4.90 Å². The van der Waals surface area contributed by atoms with E-state index in [1.54, 1.807) is 0 Å². The minimum Gasteiger partial charge on any atom is -0.381 e. The lowest BCUT2D eigenvalue weighted by molar-refractivity contribution is -0.142. The average molecular weight is 214 g/mol. The van der Waals surface area contributed by atoms with Crippen molar-refractivity contribution in [3.63, 3.8) is 0 Å². The number of ether oxygens (including phenoxy) is 1. The summed E-state index contributed by atoms with van der Waals surface area (Å²) in [5.41, 5.74) is 5.65. The van der Waals surface area contributed by atoms with Crippen molar-refractivity contribution in [2.24, 2.45) is 11.7 Å². The number of likely N-dealkylation sites (N-methyl/N-ethyl adjacent to an activating group) is 1. The molecule has 0 bridgehead atoms. The third-order valence-electron chi connectivity index (χ3n) is 3.34. The Bertz CT molecular complexity index is 223. The van der Waals surface area contributed by atoms with Crippen LogP contribution in [0.3, 0.4) is 0 Å². The smallest absolute Gasteiger partial charge is 0.225 e. The number of amides is 1. The van der Waals surface area contributed by atoms with Crippen molar-refractivity contribution >= 4 is 5.91 Å². The van der Waals surface area contributed by atoms with Gasteiger partial charge in [0.2, 0.25) is 5.91 Å². The molecule has 0 atom stereocenters. The second-order valence-corrected chi connectivity index (χ2v) is 4.59. The van der Waals surface area contributed by atoms with E-state index in [-0.39, 0.29) is 17.4 Å². The van der Waals surface area contributed by atoms with E-state index in [0.717, 1.165) is 12.8 Å². The maximum atomic E-state index is 11.9. The molecular weight excluding hydrogens is 192 g/mol. The van der Waals surface area contributed by atoms with Gasteiger partial charge in [0, 0.05) is 32.7 Å². The first-order valence-corrected chi connectivity index (χ1v) is 5.59. The summed E-state index contributed by atoms with van der Waals surface area (Å²) in [6.07, 6.45) is 1.69. The van der Waals surface area contributed by atoms with Crippen LogP contribution in [0.5, 0.6) is 0 Å². The predicted molar refractivity (Wildman–Crippen MR) is 59.4 cm³/mol. The molecule has 1 aliphatic heterocycles. The Morgan fingerprint density at radius 1 is 1.47 bits per heavy atom. The van der Waals surface area contributed by atoms with Gasteiger partial charge in [0.05, 0.1) is 5.54 Å². The molecule has 4 heteroatoms. The van der Waals surface area contributed by atoms with E-state index >= 15 is 0 Å².